The summed E-state index contributed by atoms with van der Waals surface area (Å²) in [5.41, 5.74) is 2.10. The standard InChI is InChI=1S/C22H28O2/c1-17(2)7-6-8-18(3)13-14-24-16-22(23)21-12-11-19-9-4-5-10-20(19)15-21/h4-5,7,9-12,15,18H,6,8,13-14,16H2,1-3H3. The van der Waals surface area contributed by atoms with E-state index < -0.39 is 0 Å². The molecule has 2 nitrogen and oxygen atoms in total. The van der Waals surface area contributed by atoms with E-state index in [0.717, 1.165) is 29.2 Å². The van der Waals surface area contributed by atoms with Crippen molar-refractivity contribution < 1.29 is 9.53 Å². The number of hydrogen-bond acceptors (Lipinski definition) is 2. The molecule has 2 heteroatoms. The minimum absolute atomic E-state index is 0.0537. The number of carbonyl (C=O) groups is 1. The minimum atomic E-state index is 0.0537. The van der Waals surface area contributed by atoms with Crippen molar-refractivity contribution in [1.82, 2.24) is 0 Å². The van der Waals surface area contributed by atoms with Crippen LogP contribution in [0.4, 0.5) is 0 Å². The largest absolute Gasteiger partial charge is 0.373 e. The van der Waals surface area contributed by atoms with Gasteiger partial charge < -0.3 is 4.74 Å². The number of rotatable bonds is 9. The first-order chi connectivity index (χ1) is 11.6. The van der Waals surface area contributed by atoms with E-state index in [9.17, 15) is 4.79 Å². The zero-order valence-electron chi connectivity index (χ0n) is 15.0. The summed E-state index contributed by atoms with van der Waals surface area (Å²) in [6.07, 6.45) is 5.58. The zero-order valence-corrected chi connectivity index (χ0v) is 15.0. The second-order valence-corrected chi connectivity index (χ2v) is 6.79. The summed E-state index contributed by atoms with van der Waals surface area (Å²) in [5.74, 6) is 0.675. The average Bonchev–Trinajstić information content (AvgIpc) is 2.57. The quantitative estimate of drug-likeness (QED) is 0.330. The van der Waals surface area contributed by atoms with Crippen molar-refractivity contribution in [2.45, 2.75) is 40.0 Å². The highest BCUT2D eigenvalue weighted by Crippen LogP contribution is 2.16. The Bertz CT molecular complexity index is 696. The number of carbonyl (C=O) groups excluding carboxylic acids is 1. The average molecular weight is 324 g/mol. The summed E-state index contributed by atoms with van der Waals surface area (Å²) in [6.45, 7) is 7.32. The van der Waals surface area contributed by atoms with E-state index in [1.807, 2.05) is 36.4 Å². The molecule has 0 aliphatic carbocycles. The van der Waals surface area contributed by atoms with E-state index in [-0.39, 0.29) is 12.4 Å². The third-order valence-electron chi connectivity index (χ3n) is 4.27. The van der Waals surface area contributed by atoms with Gasteiger partial charge in [-0.3, -0.25) is 4.79 Å². The van der Waals surface area contributed by atoms with Crippen molar-refractivity contribution in [2.75, 3.05) is 13.2 Å². The molecule has 24 heavy (non-hydrogen) atoms. The van der Waals surface area contributed by atoms with E-state index in [1.54, 1.807) is 0 Å². The Balaban J connectivity index is 1.73. The van der Waals surface area contributed by atoms with Crippen molar-refractivity contribution in [3.05, 3.63) is 59.7 Å². The molecule has 0 heterocycles. The van der Waals surface area contributed by atoms with E-state index in [1.165, 1.54) is 12.0 Å². The summed E-state index contributed by atoms with van der Waals surface area (Å²) >= 11 is 0. The van der Waals surface area contributed by atoms with Gasteiger partial charge in [0.05, 0.1) is 0 Å². The second-order valence-electron chi connectivity index (χ2n) is 6.79. The monoisotopic (exact) mass is 324 g/mol. The molecule has 0 N–H and O–H groups in total. The van der Waals surface area contributed by atoms with Gasteiger partial charge >= 0.3 is 0 Å². The Labute approximate surface area is 145 Å². The third kappa shape index (κ3) is 5.93. The highest BCUT2D eigenvalue weighted by atomic mass is 16.5. The van der Waals surface area contributed by atoms with Crippen molar-refractivity contribution in [3.63, 3.8) is 0 Å². The molecule has 0 aromatic heterocycles. The summed E-state index contributed by atoms with van der Waals surface area (Å²) in [7, 11) is 0. The molecule has 0 spiro atoms. The first-order valence-electron chi connectivity index (χ1n) is 8.79. The van der Waals surface area contributed by atoms with Crippen molar-refractivity contribution in [2.24, 2.45) is 5.92 Å². The van der Waals surface area contributed by atoms with Crippen LogP contribution in [-0.2, 0) is 4.74 Å². The minimum Gasteiger partial charge on any atom is -0.373 e. The Hall–Kier alpha value is -1.93. The Kier molecular flexibility index (Phi) is 7.20. The molecule has 2 aromatic rings. The Morgan fingerprint density at radius 3 is 2.58 bits per heavy atom. The van der Waals surface area contributed by atoms with Gasteiger partial charge in [0.2, 0.25) is 0 Å². The molecule has 1 unspecified atom stereocenters. The van der Waals surface area contributed by atoms with Gasteiger partial charge in [-0.15, -0.1) is 0 Å². The second kappa shape index (κ2) is 9.39. The van der Waals surface area contributed by atoms with Gasteiger partial charge in [0.15, 0.2) is 5.78 Å². The van der Waals surface area contributed by atoms with Crippen LogP contribution in [0.3, 0.4) is 0 Å². The molecule has 0 radical (unpaired) electrons. The SMILES string of the molecule is CC(C)=CCCC(C)CCOCC(=O)c1ccc2ccccc2c1. The fourth-order valence-electron chi connectivity index (χ4n) is 2.70. The predicted octanol–water partition coefficient (Wildman–Crippen LogP) is 5.81. The molecule has 128 valence electrons. The van der Waals surface area contributed by atoms with E-state index in [4.69, 9.17) is 4.74 Å². The normalized spacial score (nSPS) is 12.1. The lowest BCUT2D eigenvalue weighted by Crippen LogP contribution is -2.11. The van der Waals surface area contributed by atoms with E-state index in [0.29, 0.717) is 12.5 Å². The number of allylic oxidation sites excluding steroid dienone is 2. The molecule has 0 aliphatic heterocycles. The maximum Gasteiger partial charge on any atom is 0.188 e. The Morgan fingerprint density at radius 1 is 1.08 bits per heavy atom. The van der Waals surface area contributed by atoms with Gasteiger partial charge in [-0.2, -0.15) is 0 Å². The van der Waals surface area contributed by atoms with Crippen LogP contribution in [-0.4, -0.2) is 19.0 Å². The smallest absolute Gasteiger partial charge is 0.188 e. The van der Waals surface area contributed by atoms with Crippen LogP contribution >= 0.6 is 0 Å². The van der Waals surface area contributed by atoms with E-state index in [2.05, 4.69) is 32.9 Å². The first-order valence-corrected chi connectivity index (χ1v) is 8.79. The zero-order chi connectivity index (χ0) is 17.4. The lowest BCUT2D eigenvalue weighted by atomic mass is 10.0. The summed E-state index contributed by atoms with van der Waals surface area (Å²) in [5, 5.41) is 2.25. The van der Waals surface area contributed by atoms with Gasteiger partial charge in [-0.05, 0) is 55.9 Å². The Morgan fingerprint density at radius 2 is 1.83 bits per heavy atom. The number of Topliss-reactive ketones (excluding diaryl/α,β-unsaturated/α-hetero) is 1. The van der Waals surface area contributed by atoms with Gasteiger partial charge in [-0.25, -0.2) is 0 Å². The fraction of sp³-hybridized carbons (Fsp3) is 0.409. The van der Waals surface area contributed by atoms with Gasteiger partial charge in [0, 0.05) is 12.2 Å². The van der Waals surface area contributed by atoms with Crippen LogP contribution in [0.15, 0.2) is 54.1 Å². The van der Waals surface area contributed by atoms with Crippen LogP contribution in [0, 0.1) is 5.92 Å². The van der Waals surface area contributed by atoms with Gasteiger partial charge in [0.1, 0.15) is 6.61 Å². The fourth-order valence-corrected chi connectivity index (χ4v) is 2.70. The van der Waals surface area contributed by atoms with Crippen LogP contribution in [0.5, 0.6) is 0 Å². The molecule has 1 atom stereocenters. The predicted molar refractivity (Wildman–Crippen MR) is 102 cm³/mol. The highest BCUT2D eigenvalue weighted by Gasteiger charge is 2.08. The lowest BCUT2D eigenvalue weighted by molar-refractivity contribution is 0.0734. The van der Waals surface area contributed by atoms with Crippen LogP contribution in [0.25, 0.3) is 10.8 Å². The number of benzene rings is 2. The lowest BCUT2D eigenvalue weighted by Gasteiger charge is -2.10. The molecule has 0 aliphatic rings. The summed E-state index contributed by atoms with van der Waals surface area (Å²) in [6, 6.07) is 13.9. The number of ether oxygens (including phenoxy) is 1. The maximum atomic E-state index is 12.2. The van der Waals surface area contributed by atoms with Crippen molar-refractivity contribution in [3.8, 4) is 0 Å². The topological polar surface area (TPSA) is 26.3 Å². The molecule has 0 saturated carbocycles. The molecule has 0 fully saturated rings. The van der Waals surface area contributed by atoms with Crippen molar-refractivity contribution in [1.29, 1.82) is 0 Å². The van der Waals surface area contributed by atoms with Crippen LogP contribution in [0.2, 0.25) is 0 Å². The first kappa shape index (κ1) is 18.4. The number of fused-ring (bicyclic) bond motifs is 1. The molecular formula is C22H28O2. The number of ketones is 1. The molecular weight excluding hydrogens is 296 g/mol. The van der Waals surface area contributed by atoms with Gasteiger partial charge in [0.25, 0.3) is 0 Å². The van der Waals surface area contributed by atoms with Crippen molar-refractivity contribution >= 4 is 16.6 Å². The maximum absolute atomic E-state index is 12.2. The molecule has 0 saturated heterocycles. The molecule has 0 bridgehead atoms. The van der Waals surface area contributed by atoms with Crippen LogP contribution in [0.1, 0.15) is 50.4 Å². The molecule has 0 amide bonds. The molecule has 2 aromatic carbocycles. The molecule has 2 rings (SSSR count). The summed E-state index contributed by atoms with van der Waals surface area (Å²) < 4.78 is 5.60. The third-order valence-corrected chi connectivity index (χ3v) is 4.27. The summed E-state index contributed by atoms with van der Waals surface area (Å²) in [4.78, 5) is 12.2. The van der Waals surface area contributed by atoms with E-state index >= 15 is 0 Å². The number of hydrogen-bond donors (Lipinski definition) is 0. The highest BCUT2D eigenvalue weighted by molar-refractivity contribution is 6.00. The van der Waals surface area contributed by atoms with Crippen LogP contribution < -0.4 is 0 Å². The van der Waals surface area contributed by atoms with Gasteiger partial charge in [-0.1, -0.05) is 55.0 Å².